The summed E-state index contributed by atoms with van der Waals surface area (Å²) in [5, 5.41) is 9.86. The Labute approximate surface area is 275 Å². The zero-order valence-corrected chi connectivity index (χ0v) is 26.2. The first-order valence-corrected chi connectivity index (χ1v) is 16.7. The molecule has 0 saturated carbocycles. The first-order chi connectivity index (χ1) is 23.3. The van der Waals surface area contributed by atoms with Crippen LogP contribution >= 0.6 is 11.3 Å². The number of benzene rings is 8. The minimum atomic E-state index is 0.885. The van der Waals surface area contributed by atoms with Crippen LogP contribution in [-0.2, 0) is 0 Å². The average Bonchev–Trinajstić information content (AvgIpc) is 3.72. The van der Waals surface area contributed by atoms with Crippen LogP contribution in [0.3, 0.4) is 0 Å². The van der Waals surface area contributed by atoms with E-state index in [-0.39, 0.29) is 0 Å². The van der Waals surface area contributed by atoms with E-state index in [2.05, 4.69) is 163 Å². The Balaban J connectivity index is 1.22. The van der Waals surface area contributed by atoms with E-state index < -0.39 is 0 Å². The molecule has 10 rings (SSSR count). The number of thiophene rings is 1. The predicted molar refractivity (Wildman–Crippen MR) is 202 cm³/mol. The van der Waals surface area contributed by atoms with E-state index >= 15 is 0 Å². The fourth-order valence-electron chi connectivity index (χ4n) is 7.18. The summed E-state index contributed by atoms with van der Waals surface area (Å²) in [5.74, 6) is 0. The van der Waals surface area contributed by atoms with Crippen LogP contribution in [0.2, 0.25) is 0 Å². The fraction of sp³-hybridized carbons (Fsp3) is 0. The molecule has 0 atom stereocenters. The molecule has 8 aromatic carbocycles. The topological polar surface area (TPSA) is 16.4 Å². The van der Waals surface area contributed by atoms with Crippen molar-refractivity contribution >= 4 is 92.1 Å². The third-order valence-electron chi connectivity index (χ3n) is 9.44. The van der Waals surface area contributed by atoms with Crippen LogP contribution in [0.5, 0.6) is 0 Å². The smallest absolute Gasteiger partial charge is 0.159 e. The van der Waals surface area contributed by atoms with E-state index in [4.69, 9.17) is 4.42 Å². The van der Waals surface area contributed by atoms with E-state index in [9.17, 15) is 0 Å². The fourth-order valence-corrected chi connectivity index (χ4v) is 8.52. The van der Waals surface area contributed by atoms with E-state index in [1.54, 1.807) is 0 Å². The van der Waals surface area contributed by atoms with Crippen LogP contribution in [0, 0.1) is 0 Å². The summed E-state index contributed by atoms with van der Waals surface area (Å²) in [6.07, 6.45) is 0. The highest BCUT2D eigenvalue weighted by molar-refractivity contribution is 7.27. The number of furan rings is 1. The Morgan fingerprint density at radius 3 is 1.91 bits per heavy atom. The van der Waals surface area contributed by atoms with E-state index in [0.717, 1.165) is 39.0 Å². The summed E-state index contributed by atoms with van der Waals surface area (Å²) in [7, 11) is 0. The van der Waals surface area contributed by atoms with Crippen molar-refractivity contribution in [2.24, 2.45) is 0 Å². The van der Waals surface area contributed by atoms with Crippen molar-refractivity contribution in [2.75, 3.05) is 4.90 Å². The molecule has 0 spiro atoms. The molecular formula is C44H27NOS. The largest absolute Gasteiger partial charge is 0.454 e. The van der Waals surface area contributed by atoms with Gasteiger partial charge >= 0.3 is 0 Å². The highest BCUT2D eigenvalue weighted by Crippen LogP contribution is 2.48. The molecule has 0 unspecified atom stereocenters. The van der Waals surface area contributed by atoms with Gasteiger partial charge in [-0.05, 0) is 69.1 Å². The van der Waals surface area contributed by atoms with Gasteiger partial charge < -0.3 is 9.32 Å². The molecule has 0 radical (unpaired) electrons. The highest BCUT2D eigenvalue weighted by atomic mass is 32.1. The quantitative estimate of drug-likeness (QED) is 0.195. The van der Waals surface area contributed by atoms with Gasteiger partial charge in [-0.1, -0.05) is 127 Å². The van der Waals surface area contributed by atoms with E-state index in [0.29, 0.717) is 0 Å². The number of fused-ring (bicyclic) bond motifs is 9. The van der Waals surface area contributed by atoms with E-state index in [1.807, 2.05) is 17.4 Å². The first kappa shape index (κ1) is 26.3. The van der Waals surface area contributed by atoms with Crippen molar-refractivity contribution in [2.45, 2.75) is 0 Å². The lowest BCUT2D eigenvalue weighted by Crippen LogP contribution is -2.10. The maximum absolute atomic E-state index is 6.63. The summed E-state index contributed by atoms with van der Waals surface area (Å²) in [6, 6.07) is 58.9. The number of para-hydroxylation sites is 2. The van der Waals surface area contributed by atoms with Crippen molar-refractivity contribution in [3.63, 3.8) is 0 Å². The van der Waals surface area contributed by atoms with Gasteiger partial charge in [0.05, 0.1) is 16.1 Å². The molecule has 10 aromatic rings. The molecule has 0 bridgehead atoms. The van der Waals surface area contributed by atoms with Gasteiger partial charge in [0.2, 0.25) is 0 Å². The lowest BCUT2D eigenvalue weighted by molar-refractivity contribution is 0.669. The number of hydrogen-bond acceptors (Lipinski definition) is 3. The summed E-state index contributed by atoms with van der Waals surface area (Å²) < 4.78 is 9.21. The van der Waals surface area contributed by atoms with Crippen LogP contribution in [0.1, 0.15) is 0 Å². The molecule has 0 aliphatic rings. The third kappa shape index (κ3) is 4.10. The molecule has 3 heteroatoms. The number of hydrogen-bond donors (Lipinski definition) is 0. The molecular weight excluding hydrogens is 591 g/mol. The molecule has 0 N–H and O–H groups in total. The van der Waals surface area contributed by atoms with Gasteiger partial charge in [-0.2, -0.15) is 0 Å². The monoisotopic (exact) mass is 617 g/mol. The normalized spacial score (nSPS) is 11.8. The van der Waals surface area contributed by atoms with Gasteiger partial charge in [0.1, 0.15) is 5.58 Å². The standard InChI is InChI=1S/C44H27NOS/c1-2-11-31-27-32(20-19-28(31)9-1)29-21-24-33(25-22-29)45(39-16-7-14-36-35-13-5-6-18-41(35)46-42(36)39)40-17-8-15-37-38-26-23-30-10-3-4-12-34(30)43(38)47-44(37)40/h1-27H. The van der Waals surface area contributed by atoms with Gasteiger partial charge in [-0.15, -0.1) is 11.3 Å². The molecule has 2 aromatic heterocycles. The Morgan fingerprint density at radius 1 is 0.404 bits per heavy atom. The Kier molecular flexibility index (Phi) is 5.78. The van der Waals surface area contributed by atoms with Crippen molar-refractivity contribution in [3.8, 4) is 11.1 Å². The zero-order valence-electron chi connectivity index (χ0n) is 25.4. The van der Waals surface area contributed by atoms with Gasteiger partial charge in [-0.25, -0.2) is 0 Å². The predicted octanol–water partition coefficient (Wildman–Crippen LogP) is 13.4. The first-order valence-electron chi connectivity index (χ1n) is 15.9. The number of rotatable bonds is 4. The van der Waals surface area contributed by atoms with Gasteiger partial charge in [0.15, 0.2) is 5.58 Å². The molecule has 0 amide bonds. The van der Waals surface area contributed by atoms with Crippen molar-refractivity contribution in [1.29, 1.82) is 0 Å². The zero-order chi connectivity index (χ0) is 30.9. The van der Waals surface area contributed by atoms with E-state index in [1.165, 1.54) is 52.8 Å². The Morgan fingerprint density at radius 2 is 1.04 bits per heavy atom. The molecule has 0 aliphatic heterocycles. The second-order valence-electron chi connectivity index (χ2n) is 12.1. The van der Waals surface area contributed by atoms with Gasteiger partial charge in [-0.3, -0.25) is 0 Å². The summed E-state index contributed by atoms with van der Waals surface area (Å²) in [5.41, 5.74) is 7.42. The highest BCUT2D eigenvalue weighted by Gasteiger charge is 2.22. The number of anilines is 3. The van der Waals surface area contributed by atoms with Crippen LogP contribution in [-0.4, -0.2) is 0 Å². The Bertz CT molecular complexity index is 2810. The van der Waals surface area contributed by atoms with Crippen molar-refractivity contribution in [3.05, 3.63) is 164 Å². The Hall–Kier alpha value is -5.90. The van der Waals surface area contributed by atoms with Crippen LogP contribution in [0.15, 0.2) is 168 Å². The molecule has 0 fully saturated rings. The second kappa shape index (κ2) is 10.3. The van der Waals surface area contributed by atoms with Gasteiger partial charge in [0.25, 0.3) is 0 Å². The van der Waals surface area contributed by atoms with Gasteiger partial charge in [0, 0.05) is 31.9 Å². The minimum Gasteiger partial charge on any atom is -0.454 e. The van der Waals surface area contributed by atoms with Crippen molar-refractivity contribution < 1.29 is 4.42 Å². The molecule has 2 nitrogen and oxygen atoms in total. The van der Waals surface area contributed by atoms with Crippen LogP contribution < -0.4 is 4.90 Å². The molecule has 47 heavy (non-hydrogen) atoms. The van der Waals surface area contributed by atoms with Crippen molar-refractivity contribution in [1.82, 2.24) is 0 Å². The minimum absolute atomic E-state index is 0.885. The summed E-state index contributed by atoms with van der Waals surface area (Å²) in [4.78, 5) is 2.38. The van der Waals surface area contributed by atoms with Crippen LogP contribution in [0.4, 0.5) is 17.1 Å². The lowest BCUT2D eigenvalue weighted by atomic mass is 10.0. The molecule has 0 aliphatic carbocycles. The molecule has 2 heterocycles. The SMILES string of the molecule is c1ccc2cc(-c3ccc(N(c4cccc5c4oc4ccccc45)c4cccc5c4sc4c6ccccc6ccc54)cc3)ccc2c1. The number of nitrogens with zero attached hydrogens (tertiary/aromatic N) is 1. The molecule has 0 saturated heterocycles. The summed E-state index contributed by atoms with van der Waals surface area (Å²) >= 11 is 1.87. The van der Waals surface area contributed by atoms with Crippen LogP contribution in [0.25, 0.3) is 74.8 Å². The second-order valence-corrected chi connectivity index (χ2v) is 13.1. The third-order valence-corrected chi connectivity index (χ3v) is 10.7. The maximum Gasteiger partial charge on any atom is 0.159 e. The summed E-state index contributed by atoms with van der Waals surface area (Å²) in [6.45, 7) is 0. The maximum atomic E-state index is 6.63. The lowest BCUT2D eigenvalue weighted by Gasteiger charge is -2.26. The molecule has 220 valence electrons. The average molecular weight is 618 g/mol.